The van der Waals surface area contributed by atoms with E-state index in [1.54, 1.807) is 22.9 Å². The standard InChI is InChI=1S/C17H21FN4O/c1-11-7-8-19-17(23)16(11)20-9-13-10-22(21-12(13)2)15-6-4-3-5-14(15)18/h3-6,10-11,16,20H,7-9H2,1-2H3,(H,19,23). The summed E-state index contributed by atoms with van der Waals surface area (Å²) in [4.78, 5) is 11.9. The summed E-state index contributed by atoms with van der Waals surface area (Å²) in [5, 5.41) is 10.6. The van der Waals surface area contributed by atoms with Gasteiger partial charge in [0.2, 0.25) is 5.91 Å². The summed E-state index contributed by atoms with van der Waals surface area (Å²) in [6, 6.07) is 6.34. The third-order valence-electron chi connectivity index (χ3n) is 4.36. The third-order valence-corrected chi connectivity index (χ3v) is 4.36. The Bertz CT molecular complexity index is 712. The molecule has 2 heterocycles. The van der Waals surface area contributed by atoms with Crippen molar-refractivity contribution in [3.63, 3.8) is 0 Å². The van der Waals surface area contributed by atoms with Gasteiger partial charge in [-0.25, -0.2) is 9.07 Å². The van der Waals surface area contributed by atoms with Crippen molar-refractivity contribution in [2.45, 2.75) is 32.9 Å². The molecule has 0 spiro atoms. The molecule has 0 radical (unpaired) electrons. The lowest BCUT2D eigenvalue weighted by Crippen LogP contribution is -2.52. The molecule has 2 unspecified atom stereocenters. The Labute approximate surface area is 134 Å². The summed E-state index contributed by atoms with van der Waals surface area (Å²) >= 11 is 0. The Kier molecular flexibility index (Phi) is 4.43. The Balaban J connectivity index is 1.74. The average Bonchev–Trinajstić information content (AvgIpc) is 2.88. The number of para-hydroxylation sites is 1. The van der Waals surface area contributed by atoms with Crippen LogP contribution < -0.4 is 10.6 Å². The highest BCUT2D eigenvalue weighted by Gasteiger charge is 2.28. The molecule has 1 amide bonds. The molecular formula is C17H21FN4O. The van der Waals surface area contributed by atoms with Gasteiger partial charge in [-0.3, -0.25) is 4.79 Å². The molecule has 0 saturated carbocycles. The molecule has 1 saturated heterocycles. The zero-order chi connectivity index (χ0) is 16.4. The molecule has 23 heavy (non-hydrogen) atoms. The second-order valence-corrected chi connectivity index (χ2v) is 6.05. The van der Waals surface area contributed by atoms with Crippen LogP contribution in [0.4, 0.5) is 4.39 Å². The number of hydrogen-bond donors (Lipinski definition) is 2. The molecule has 0 bridgehead atoms. The van der Waals surface area contributed by atoms with Gasteiger partial charge in [0, 0.05) is 24.8 Å². The monoisotopic (exact) mass is 316 g/mol. The maximum absolute atomic E-state index is 13.9. The first kappa shape index (κ1) is 15.7. The Morgan fingerprint density at radius 3 is 2.96 bits per heavy atom. The van der Waals surface area contributed by atoms with Crippen molar-refractivity contribution in [1.82, 2.24) is 20.4 Å². The largest absolute Gasteiger partial charge is 0.355 e. The third kappa shape index (κ3) is 3.27. The number of piperidine rings is 1. The van der Waals surface area contributed by atoms with Gasteiger partial charge in [-0.1, -0.05) is 19.1 Å². The molecule has 3 rings (SSSR count). The number of nitrogens with one attached hydrogen (secondary N) is 2. The van der Waals surface area contributed by atoms with E-state index in [0.29, 0.717) is 18.2 Å². The van der Waals surface area contributed by atoms with Gasteiger partial charge >= 0.3 is 0 Å². The van der Waals surface area contributed by atoms with Crippen LogP contribution in [0.15, 0.2) is 30.5 Å². The van der Waals surface area contributed by atoms with Crippen LogP contribution in [0.25, 0.3) is 5.69 Å². The number of aryl methyl sites for hydroxylation is 1. The van der Waals surface area contributed by atoms with E-state index in [1.165, 1.54) is 6.07 Å². The topological polar surface area (TPSA) is 59.0 Å². The molecule has 6 heteroatoms. The molecule has 2 N–H and O–H groups in total. The van der Waals surface area contributed by atoms with Crippen molar-refractivity contribution in [1.29, 1.82) is 0 Å². The smallest absolute Gasteiger partial charge is 0.237 e. The number of hydrogen-bond acceptors (Lipinski definition) is 3. The number of aromatic nitrogens is 2. The summed E-state index contributed by atoms with van der Waals surface area (Å²) in [6.45, 7) is 5.23. The minimum absolute atomic E-state index is 0.0444. The fourth-order valence-electron chi connectivity index (χ4n) is 2.90. The quantitative estimate of drug-likeness (QED) is 0.906. The summed E-state index contributed by atoms with van der Waals surface area (Å²) in [5.41, 5.74) is 2.20. The molecular weight excluding hydrogens is 295 g/mol. The first-order valence-corrected chi connectivity index (χ1v) is 7.87. The molecule has 0 aliphatic carbocycles. The molecule has 1 fully saturated rings. The fraction of sp³-hybridized carbons (Fsp3) is 0.412. The lowest BCUT2D eigenvalue weighted by Gasteiger charge is -2.29. The van der Waals surface area contributed by atoms with E-state index in [1.807, 2.05) is 13.1 Å². The maximum Gasteiger partial charge on any atom is 0.237 e. The van der Waals surface area contributed by atoms with Crippen LogP contribution in [0.5, 0.6) is 0 Å². The summed E-state index contributed by atoms with van der Waals surface area (Å²) < 4.78 is 15.4. The van der Waals surface area contributed by atoms with Gasteiger partial charge in [-0.15, -0.1) is 0 Å². The van der Waals surface area contributed by atoms with Crippen LogP contribution in [-0.4, -0.2) is 28.3 Å². The van der Waals surface area contributed by atoms with Crippen LogP contribution in [0.3, 0.4) is 0 Å². The van der Waals surface area contributed by atoms with E-state index in [2.05, 4.69) is 22.7 Å². The van der Waals surface area contributed by atoms with Gasteiger partial charge < -0.3 is 10.6 Å². The number of benzene rings is 1. The van der Waals surface area contributed by atoms with Crippen molar-refractivity contribution in [2.24, 2.45) is 5.92 Å². The Morgan fingerprint density at radius 1 is 1.43 bits per heavy atom. The van der Waals surface area contributed by atoms with Crippen molar-refractivity contribution < 1.29 is 9.18 Å². The van der Waals surface area contributed by atoms with E-state index < -0.39 is 0 Å². The normalized spacial score (nSPS) is 21.3. The van der Waals surface area contributed by atoms with Gasteiger partial charge in [-0.2, -0.15) is 5.10 Å². The van der Waals surface area contributed by atoms with E-state index >= 15 is 0 Å². The van der Waals surface area contributed by atoms with Crippen LogP contribution in [0.2, 0.25) is 0 Å². The molecule has 1 aromatic carbocycles. The maximum atomic E-state index is 13.9. The number of rotatable bonds is 4. The highest BCUT2D eigenvalue weighted by molar-refractivity contribution is 5.82. The predicted octanol–water partition coefficient (Wildman–Crippen LogP) is 1.93. The Hall–Kier alpha value is -2.21. The lowest BCUT2D eigenvalue weighted by molar-refractivity contribution is -0.126. The van der Waals surface area contributed by atoms with Crippen molar-refractivity contribution in [3.8, 4) is 5.69 Å². The van der Waals surface area contributed by atoms with Crippen molar-refractivity contribution >= 4 is 5.91 Å². The van der Waals surface area contributed by atoms with E-state index in [-0.39, 0.29) is 17.8 Å². The second-order valence-electron chi connectivity index (χ2n) is 6.05. The van der Waals surface area contributed by atoms with Crippen molar-refractivity contribution in [3.05, 3.63) is 47.5 Å². The average molecular weight is 316 g/mol. The van der Waals surface area contributed by atoms with Crippen LogP contribution in [0.1, 0.15) is 24.6 Å². The van der Waals surface area contributed by atoms with Crippen molar-refractivity contribution in [2.75, 3.05) is 6.54 Å². The van der Waals surface area contributed by atoms with Gasteiger partial charge in [0.15, 0.2) is 0 Å². The van der Waals surface area contributed by atoms with Gasteiger partial charge in [0.05, 0.1) is 11.7 Å². The molecule has 2 atom stereocenters. The van der Waals surface area contributed by atoms with Gasteiger partial charge in [-0.05, 0) is 31.4 Å². The highest BCUT2D eigenvalue weighted by atomic mass is 19.1. The van der Waals surface area contributed by atoms with E-state index in [9.17, 15) is 9.18 Å². The van der Waals surface area contributed by atoms with E-state index in [4.69, 9.17) is 0 Å². The lowest BCUT2D eigenvalue weighted by atomic mass is 9.94. The molecule has 2 aromatic rings. The number of carbonyl (C=O) groups excluding carboxylic acids is 1. The van der Waals surface area contributed by atoms with E-state index in [0.717, 1.165) is 24.2 Å². The number of halogens is 1. The zero-order valence-electron chi connectivity index (χ0n) is 13.3. The number of nitrogens with zero attached hydrogens (tertiary/aromatic N) is 2. The molecule has 5 nitrogen and oxygen atoms in total. The van der Waals surface area contributed by atoms with Crippen LogP contribution in [0, 0.1) is 18.7 Å². The summed E-state index contributed by atoms with van der Waals surface area (Å²) in [5.74, 6) is 0.0309. The number of carbonyl (C=O) groups is 1. The van der Waals surface area contributed by atoms with Gasteiger partial charge in [0.1, 0.15) is 11.5 Å². The first-order chi connectivity index (χ1) is 11.1. The first-order valence-electron chi connectivity index (χ1n) is 7.87. The summed E-state index contributed by atoms with van der Waals surface area (Å²) in [6.07, 6.45) is 2.78. The minimum atomic E-state index is -0.310. The zero-order valence-corrected chi connectivity index (χ0v) is 13.3. The number of amides is 1. The summed E-state index contributed by atoms with van der Waals surface area (Å²) in [7, 11) is 0. The molecule has 122 valence electrons. The van der Waals surface area contributed by atoms with Crippen LogP contribution >= 0.6 is 0 Å². The second kappa shape index (κ2) is 6.50. The predicted molar refractivity (Wildman–Crippen MR) is 85.7 cm³/mol. The Morgan fingerprint density at radius 2 is 2.22 bits per heavy atom. The molecule has 1 aromatic heterocycles. The van der Waals surface area contributed by atoms with Crippen LogP contribution in [-0.2, 0) is 11.3 Å². The SMILES string of the molecule is Cc1nn(-c2ccccc2F)cc1CNC1C(=O)NCCC1C. The van der Waals surface area contributed by atoms with Gasteiger partial charge in [0.25, 0.3) is 0 Å². The molecule has 1 aliphatic rings. The minimum Gasteiger partial charge on any atom is -0.355 e. The highest BCUT2D eigenvalue weighted by Crippen LogP contribution is 2.17. The fourth-order valence-corrected chi connectivity index (χ4v) is 2.90. The molecule has 1 aliphatic heterocycles.